The molecule has 0 spiro atoms. The minimum atomic E-state index is -6.00. The van der Waals surface area contributed by atoms with Gasteiger partial charge in [-0.2, -0.15) is 26.3 Å². The van der Waals surface area contributed by atoms with Crippen molar-refractivity contribution in [1.82, 2.24) is 10.2 Å². The second-order valence-corrected chi connectivity index (χ2v) is 11.8. The summed E-state index contributed by atoms with van der Waals surface area (Å²) in [6.07, 6.45) is -10.3. The molecule has 6 nitrogen and oxygen atoms in total. The molecule has 0 radical (unpaired) electrons. The number of amides is 3. The van der Waals surface area contributed by atoms with Crippen LogP contribution in [0.4, 0.5) is 31.1 Å². The summed E-state index contributed by atoms with van der Waals surface area (Å²) in [5, 5.41) is 12.8. The first-order valence-corrected chi connectivity index (χ1v) is 15.5. The smallest absolute Gasteiger partial charge is 0.430 e. The van der Waals surface area contributed by atoms with Gasteiger partial charge in [0.15, 0.2) is 0 Å². The highest BCUT2D eigenvalue weighted by atomic mass is 19.4. The molecule has 1 saturated heterocycles. The number of nitrogens with one attached hydrogen (secondary N) is 1. The molecular formula is C35H38F6N2O4. The lowest BCUT2D eigenvalue weighted by Gasteiger charge is -2.33. The number of hydrogen-bond donors (Lipinski definition) is 2. The molecule has 47 heavy (non-hydrogen) atoms. The Bertz CT molecular complexity index is 1520. The van der Waals surface area contributed by atoms with Gasteiger partial charge in [0.2, 0.25) is 0 Å². The number of unbranched alkanes of at least 4 members (excludes halogenated alkanes) is 1. The second-order valence-electron chi connectivity index (χ2n) is 11.8. The van der Waals surface area contributed by atoms with E-state index in [1.54, 1.807) is 32.9 Å². The Morgan fingerprint density at radius 1 is 0.809 bits per heavy atom. The number of nitrogens with zero attached hydrogens (tertiary/aromatic N) is 1. The molecule has 12 heteroatoms. The van der Waals surface area contributed by atoms with Crippen molar-refractivity contribution in [2.24, 2.45) is 0 Å². The number of aryl methyl sites for hydroxylation is 2. The lowest BCUT2D eigenvalue weighted by Crippen LogP contribution is -2.54. The summed E-state index contributed by atoms with van der Waals surface area (Å²) >= 11 is 0. The molecule has 254 valence electrons. The normalized spacial score (nSPS) is 17.3. The van der Waals surface area contributed by atoms with Gasteiger partial charge in [-0.05, 0) is 72.6 Å². The van der Waals surface area contributed by atoms with Crippen molar-refractivity contribution in [2.45, 2.75) is 82.8 Å². The van der Waals surface area contributed by atoms with E-state index in [4.69, 9.17) is 4.74 Å². The van der Waals surface area contributed by atoms with Crippen molar-refractivity contribution in [3.63, 3.8) is 0 Å². The number of ether oxygens (including phenoxy) is 1. The standard InChI is InChI=1S/C35H38F6N2O4/c1-4-11-25-21-28(33(46,34(36,37)38)35(39,40)41)22-26(12-5-2)29(25)47-20-10-9-19-43-30(44)32(3,42-31(43)45)27-17-15-24(16-18-27)23-13-7-6-8-14-23/h6-8,13-18,21-22,46H,4-5,9-12,19-20H2,1-3H3,(H,42,45). The first kappa shape index (κ1) is 35.8. The number of alkyl halides is 6. The van der Waals surface area contributed by atoms with Crippen LogP contribution < -0.4 is 10.1 Å². The number of imide groups is 1. The molecule has 1 heterocycles. The third-order valence-corrected chi connectivity index (χ3v) is 8.39. The molecule has 1 atom stereocenters. The van der Waals surface area contributed by atoms with Crippen LogP contribution >= 0.6 is 0 Å². The molecule has 1 fully saturated rings. The van der Waals surface area contributed by atoms with Gasteiger partial charge in [0, 0.05) is 12.1 Å². The molecule has 0 aliphatic carbocycles. The Morgan fingerprint density at radius 2 is 1.34 bits per heavy atom. The molecule has 3 amide bonds. The zero-order valence-corrected chi connectivity index (χ0v) is 26.4. The van der Waals surface area contributed by atoms with Gasteiger partial charge in [-0.3, -0.25) is 9.69 Å². The number of carbonyl (C=O) groups is 2. The summed E-state index contributed by atoms with van der Waals surface area (Å²) in [5.41, 5.74) is -4.74. The quantitative estimate of drug-likeness (QED) is 0.110. The third kappa shape index (κ3) is 7.12. The molecule has 4 rings (SSSR count). The minimum Gasteiger partial charge on any atom is -0.493 e. The van der Waals surface area contributed by atoms with Crippen LogP contribution in [0.15, 0.2) is 66.7 Å². The Hall–Kier alpha value is -4.06. The maximum atomic E-state index is 13.7. The minimum absolute atomic E-state index is 0.0391. The average Bonchev–Trinajstić information content (AvgIpc) is 3.24. The van der Waals surface area contributed by atoms with Crippen LogP contribution in [0.3, 0.4) is 0 Å². The van der Waals surface area contributed by atoms with Crippen LogP contribution in [0, 0.1) is 0 Å². The van der Waals surface area contributed by atoms with Gasteiger partial charge in [0.25, 0.3) is 11.5 Å². The van der Waals surface area contributed by atoms with E-state index in [1.165, 1.54) is 0 Å². The van der Waals surface area contributed by atoms with Crippen LogP contribution in [0.25, 0.3) is 11.1 Å². The predicted octanol–water partition coefficient (Wildman–Crippen LogP) is 8.20. The van der Waals surface area contributed by atoms with Crippen LogP contribution in [0.5, 0.6) is 5.75 Å². The Morgan fingerprint density at radius 3 is 1.85 bits per heavy atom. The number of rotatable bonds is 13. The number of hydrogen-bond acceptors (Lipinski definition) is 4. The van der Waals surface area contributed by atoms with Gasteiger partial charge >= 0.3 is 18.4 Å². The summed E-state index contributed by atoms with van der Waals surface area (Å²) in [4.78, 5) is 27.3. The largest absolute Gasteiger partial charge is 0.493 e. The molecule has 1 aliphatic rings. The zero-order valence-electron chi connectivity index (χ0n) is 26.4. The van der Waals surface area contributed by atoms with Gasteiger partial charge in [0.1, 0.15) is 11.3 Å². The van der Waals surface area contributed by atoms with E-state index in [0.717, 1.165) is 28.2 Å². The van der Waals surface area contributed by atoms with Crippen LogP contribution in [0.2, 0.25) is 0 Å². The summed E-state index contributed by atoms with van der Waals surface area (Å²) in [5.74, 6) is -0.227. The highest BCUT2D eigenvalue weighted by Gasteiger charge is 2.71. The van der Waals surface area contributed by atoms with Gasteiger partial charge in [-0.1, -0.05) is 81.3 Å². The van der Waals surface area contributed by atoms with Gasteiger partial charge in [-0.15, -0.1) is 0 Å². The van der Waals surface area contributed by atoms with Gasteiger partial charge in [-0.25, -0.2) is 4.79 Å². The Labute approximate surface area is 269 Å². The van der Waals surface area contributed by atoms with E-state index < -0.39 is 41.0 Å². The average molecular weight is 665 g/mol. The van der Waals surface area contributed by atoms with E-state index in [0.29, 0.717) is 31.2 Å². The third-order valence-electron chi connectivity index (χ3n) is 8.39. The monoisotopic (exact) mass is 664 g/mol. The van der Waals surface area contributed by atoms with Crippen LogP contribution in [-0.4, -0.2) is 47.4 Å². The van der Waals surface area contributed by atoms with Crippen molar-refractivity contribution in [2.75, 3.05) is 13.2 Å². The maximum Gasteiger partial charge on any atom is 0.430 e. The van der Waals surface area contributed by atoms with Crippen molar-refractivity contribution in [1.29, 1.82) is 0 Å². The van der Waals surface area contributed by atoms with E-state index in [-0.39, 0.29) is 42.9 Å². The van der Waals surface area contributed by atoms with Crippen LogP contribution in [-0.2, 0) is 28.8 Å². The SMILES string of the molecule is CCCc1cc(C(O)(C(F)(F)F)C(F)(F)F)cc(CCC)c1OCCCCN1C(=O)NC(C)(c2ccc(-c3ccccc3)cc2)C1=O. The lowest BCUT2D eigenvalue weighted by molar-refractivity contribution is -0.376. The van der Waals surface area contributed by atoms with Crippen molar-refractivity contribution in [3.8, 4) is 16.9 Å². The number of carbonyl (C=O) groups excluding carboxylic acids is 2. The van der Waals surface area contributed by atoms with Crippen molar-refractivity contribution < 1.29 is 45.8 Å². The molecule has 3 aromatic rings. The molecule has 2 N–H and O–H groups in total. The number of benzene rings is 3. The molecule has 3 aromatic carbocycles. The van der Waals surface area contributed by atoms with Crippen molar-refractivity contribution in [3.05, 3.63) is 89.0 Å². The lowest BCUT2D eigenvalue weighted by atomic mass is 9.87. The fourth-order valence-corrected chi connectivity index (χ4v) is 5.82. The van der Waals surface area contributed by atoms with Crippen molar-refractivity contribution >= 4 is 11.9 Å². The predicted molar refractivity (Wildman–Crippen MR) is 165 cm³/mol. The van der Waals surface area contributed by atoms with Gasteiger partial charge in [0.05, 0.1) is 6.61 Å². The fraction of sp³-hybridized carbons (Fsp3) is 0.429. The first-order chi connectivity index (χ1) is 22.1. The highest BCUT2D eigenvalue weighted by molar-refractivity contribution is 6.07. The first-order valence-electron chi connectivity index (χ1n) is 15.5. The zero-order chi connectivity index (χ0) is 34.6. The summed E-state index contributed by atoms with van der Waals surface area (Å²) in [7, 11) is 0. The van der Waals surface area contributed by atoms with E-state index in [2.05, 4.69) is 5.32 Å². The molecule has 0 aromatic heterocycles. The van der Waals surface area contributed by atoms with Crippen LogP contribution in [0.1, 0.15) is 68.7 Å². The second kappa shape index (κ2) is 14.0. The van der Waals surface area contributed by atoms with E-state index in [1.807, 2.05) is 42.5 Å². The molecule has 0 bridgehead atoms. The van der Waals surface area contributed by atoms with E-state index in [9.17, 15) is 41.0 Å². The highest BCUT2D eigenvalue weighted by Crippen LogP contribution is 2.51. The fourth-order valence-electron chi connectivity index (χ4n) is 5.82. The Kier molecular flexibility index (Phi) is 10.6. The maximum absolute atomic E-state index is 13.7. The molecule has 1 unspecified atom stereocenters. The summed E-state index contributed by atoms with van der Waals surface area (Å²) < 4.78 is 87.9. The molecule has 0 saturated carbocycles. The molecular weight excluding hydrogens is 626 g/mol. The van der Waals surface area contributed by atoms with E-state index >= 15 is 0 Å². The van der Waals surface area contributed by atoms with Gasteiger partial charge < -0.3 is 15.2 Å². The summed E-state index contributed by atoms with van der Waals surface area (Å²) in [6, 6.07) is 18.0. The molecule has 1 aliphatic heterocycles. The number of urea groups is 1. The number of aliphatic hydroxyl groups is 1. The number of halogens is 6. The summed E-state index contributed by atoms with van der Waals surface area (Å²) in [6.45, 7) is 5.20. The Balaban J connectivity index is 1.44. The topological polar surface area (TPSA) is 78.9 Å².